The summed E-state index contributed by atoms with van der Waals surface area (Å²) in [5, 5.41) is 0. The first-order valence-corrected chi connectivity index (χ1v) is 12.5. The quantitative estimate of drug-likeness (QED) is 0.190. The minimum Gasteiger partial charge on any atom is -0.212 e. The molecule has 0 aliphatic rings. The molecule has 0 aliphatic carbocycles. The van der Waals surface area contributed by atoms with Crippen LogP contribution in [0.15, 0.2) is 0 Å². The third-order valence-corrected chi connectivity index (χ3v) is 5.73. The zero-order chi connectivity index (χ0) is 17.2. The smallest absolute Gasteiger partial charge is 0.212 e. The molecule has 0 atom stereocenters. The Labute approximate surface area is 150 Å². The predicted molar refractivity (Wildman–Crippen MR) is 104 cm³/mol. The number of hydrogen-bond acceptors (Lipinski definition) is 2. The molecule has 23 heavy (non-hydrogen) atoms. The molecule has 0 aromatic rings. The van der Waals surface area contributed by atoms with Crippen LogP contribution in [0.2, 0.25) is 0 Å². The lowest BCUT2D eigenvalue weighted by Gasteiger charge is -2.03. The molecule has 0 aromatic heterocycles. The lowest BCUT2D eigenvalue weighted by Crippen LogP contribution is -1.96. The van der Waals surface area contributed by atoms with E-state index in [2.05, 4.69) is 6.92 Å². The van der Waals surface area contributed by atoms with Gasteiger partial charge in [-0.25, -0.2) is 8.42 Å². The summed E-state index contributed by atoms with van der Waals surface area (Å²) in [6.45, 7) is 2.27. The Balaban J connectivity index is 3.03. The fraction of sp³-hybridized carbons (Fsp3) is 1.00. The highest BCUT2D eigenvalue weighted by Gasteiger charge is 2.03. The Kier molecular flexibility index (Phi) is 17.3. The van der Waals surface area contributed by atoms with Gasteiger partial charge in [0.05, 0.1) is 5.75 Å². The maximum absolute atomic E-state index is 10.8. The third-order valence-electron chi connectivity index (χ3n) is 4.49. The summed E-state index contributed by atoms with van der Waals surface area (Å²) in [4.78, 5) is 0. The van der Waals surface area contributed by atoms with Crippen LogP contribution >= 0.6 is 10.7 Å². The maximum atomic E-state index is 10.8. The van der Waals surface area contributed by atoms with Crippen molar-refractivity contribution in [2.75, 3.05) is 5.75 Å². The van der Waals surface area contributed by atoms with Crippen LogP contribution in [0.25, 0.3) is 0 Å². The molecule has 0 aliphatic heterocycles. The lowest BCUT2D eigenvalue weighted by atomic mass is 10.0. The van der Waals surface area contributed by atoms with Gasteiger partial charge in [-0.05, 0) is 6.42 Å². The van der Waals surface area contributed by atoms with Gasteiger partial charge in [-0.3, -0.25) is 0 Å². The van der Waals surface area contributed by atoms with Gasteiger partial charge in [-0.15, -0.1) is 0 Å². The van der Waals surface area contributed by atoms with Crippen LogP contribution in [0.1, 0.15) is 116 Å². The molecule has 0 bridgehead atoms. The van der Waals surface area contributed by atoms with E-state index in [-0.39, 0.29) is 5.75 Å². The van der Waals surface area contributed by atoms with E-state index in [0.29, 0.717) is 6.42 Å². The molecule has 0 unspecified atom stereocenters. The molecule has 0 amide bonds. The zero-order valence-corrected chi connectivity index (χ0v) is 16.9. The predicted octanol–water partition coefficient (Wildman–Crippen LogP) is 7.21. The fourth-order valence-corrected chi connectivity index (χ4v) is 3.88. The number of hydrogen-bond donors (Lipinski definition) is 0. The molecule has 0 saturated carbocycles. The minimum absolute atomic E-state index is 0.132. The average molecular weight is 367 g/mol. The Morgan fingerprint density at radius 3 is 1.04 bits per heavy atom. The van der Waals surface area contributed by atoms with E-state index in [0.717, 1.165) is 12.8 Å². The Morgan fingerprint density at radius 2 is 0.783 bits per heavy atom. The van der Waals surface area contributed by atoms with E-state index in [1.807, 2.05) is 0 Å². The highest BCUT2D eigenvalue weighted by molar-refractivity contribution is 8.13. The van der Waals surface area contributed by atoms with E-state index in [1.165, 1.54) is 89.9 Å². The van der Waals surface area contributed by atoms with Crippen molar-refractivity contribution in [3.05, 3.63) is 0 Å². The van der Waals surface area contributed by atoms with Gasteiger partial charge in [0, 0.05) is 10.7 Å². The van der Waals surface area contributed by atoms with Crippen LogP contribution in [0.4, 0.5) is 0 Å². The van der Waals surface area contributed by atoms with E-state index >= 15 is 0 Å². The SMILES string of the molecule is CCCCCCCCCCCCCCCCCCCS(=O)(=O)Cl. The van der Waals surface area contributed by atoms with Gasteiger partial charge in [0.15, 0.2) is 0 Å². The molecule has 0 N–H and O–H groups in total. The van der Waals surface area contributed by atoms with Gasteiger partial charge >= 0.3 is 0 Å². The molecular weight excluding hydrogens is 328 g/mol. The second-order valence-electron chi connectivity index (χ2n) is 6.90. The van der Waals surface area contributed by atoms with Gasteiger partial charge in [-0.1, -0.05) is 110 Å². The fourth-order valence-electron chi connectivity index (χ4n) is 3.00. The van der Waals surface area contributed by atoms with Crippen LogP contribution < -0.4 is 0 Å². The molecule has 4 heteroatoms. The van der Waals surface area contributed by atoms with Crippen molar-refractivity contribution in [3.63, 3.8) is 0 Å². The van der Waals surface area contributed by atoms with E-state index in [1.54, 1.807) is 0 Å². The molecule has 0 rings (SSSR count). The Morgan fingerprint density at radius 1 is 0.522 bits per heavy atom. The first kappa shape index (κ1) is 23.2. The van der Waals surface area contributed by atoms with Crippen molar-refractivity contribution in [3.8, 4) is 0 Å². The molecule has 0 radical (unpaired) electrons. The Bertz CT molecular complexity index is 328. The summed E-state index contributed by atoms with van der Waals surface area (Å²) in [6, 6.07) is 0. The summed E-state index contributed by atoms with van der Waals surface area (Å²) in [5.41, 5.74) is 0. The van der Waals surface area contributed by atoms with Crippen molar-refractivity contribution in [1.82, 2.24) is 0 Å². The van der Waals surface area contributed by atoms with Crippen molar-refractivity contribution in [2.24, 2.45) is 0 Å². The zero-order valence-electron chi connectivity index (χ0n) is 15.3. The van der Waals surface area contributed by atoms with Gasteiger partial charge in [0.1, 0.15) is 0 Å². The normalized spacial score (nSPS) is 11.9. The molecule has 0 saturated heterocycles. The van der Waals surface area contributed by atoms with Gasteiger partial charge < -0.3 is 0 Å². The topological polar surface area (TPSA) is 34.1 Å². The first-order chi connectivity index (χ1) is 11.1. The molecule has 0 heterocycles. The largest absolute Gasteiger partial charge is 0.232 e. The molecule has 0 fully saturated rings. The summed E-state index contributed by atoms with van der Waals surface area (Å²) < 4.78 is 21.5. The number of unbranched alkanes of at least 4 members (excludes halogenated alkanes) is 16. The second kappa shape index (κ2) is 17.1. The molecule has 0 spiro atoms. The van der Waals surface area contributed by atoms with Crippen molar-refractivity contribution < 1.29 is 8.42 Å². The summed E-state index contributed by atoms with van der Waals surface area (Å²) in [5.74, 6) is 0.132. The molecule has 2 nitrogen and oxygen atoms in total. The van der Waals surface area contributed by atoms with Crippen molar-refractivity contribution in [2.45, 2.75) is 116 Å². The Hall–Kier alpha value is 0.240. The summed E-state index contributed by atoms with van der Waals surface area (Å²) >= 11 is 0. The van der Waals surface area contributed by atoms with Gasteiger partial charge in [-0.2, -0.15) is 0 Å². The van der Waals surface area contributed by atoms with Crippen molar-refractivity contribution in [1.29, 1.82) is 0 Å². The van der Waals surface area contributed by atoms with Crippen LogP contribution in [-0.4, -0.2) is 14.2 Å². The lowest BCUT2D eigenvalue weighted by molar-refractivity contribution is 0.528. The van der Waals surface area contributed by atoms with Crippen LogP contribution in [-0.2, 0) is 9.05 Å². The first-order valence-electron chi connectivity index (χ1n) is 9.98. The summed E-state index contributed by atoms with van der Waals surface area (Å²) in [6.07, 6.45) is 22.2. The molecular formula is C19H39ClO2S. The van der Waals surface area contributed by atoms with Crippen molar-refractivity contribution >= 4 is 19.7 Å². The average Bonchev–Trinajstić information content (AvgIpc) is 2.49. The standard InChI is InChI=1S/C19H39ClO2S/c1-2-3-4-5-6-7-8-9-10-11-12-13-14-15-16-17-18-19-23(20,21)22/h2-19H2,1H3. The molecule has 140 valence electrons. The van der Waals surface area contributed by atoms with E-state index < -0.39 is 9.05 Å². The minimum atomic E-state index is -3.27. The van der Waals surface area contributed by atoms with Gasteiger partial charge in [0.25, 0.3) is 0 Å². The van der Waals surface area contributed by atoms with E-state index in [9.17, 15) is 8.42 Å². The third kappa shape index (κ3) is 22.2. The van der Waals surface area contributed by atoms with Gasteiger partial charge in [0.2, 0.25) is 9.05 Å². The van der Waals surface area contributed by atoms with Crippen LogP contribution in [0, 0.1) is 0 Å². The van der Waals surface area contributed by atoms with Crippen LogP contribution in [0.5, 0.6) is 0 Å². The maximum Gasteiger partial charge on any atom is 0.232 e. The van der Waals surface area contributed by atoms with E-state index in [4.69, 9.17) is 10.7 Å². The van der Waals surface area contributed by atoms with Crippen LogP contribution in [0.3, 0.4) is 0 Å². The highest BCUT2D eigenvalue weighted by atomic mass is 35.7. The highest BCUT2D eigenvalue weighted by Crippen LogP contribution is 2.14. The number of halogens is 1. The summed E-state index contributed by atoms with van der Waals surface area (Å²) in [7, 11) is 1.90. The second-order valence-corrected chi connectivity index (χ2v) is 9.80. The monoisotopic (exact) mass is 366 g/mol. The number of rotatable bonds is 18. The molecule has 0 aromatic carbocycles.